The van der Waals surface area contributed by atoms with Crippen molar-refractivity contribution in [3.05, 3.63) is 58.1 Å². The number of halogens is 1. The summed E-state index contributed by atoms with van der Waals surface area (Å²) in [5, 5.41) is 28.7. The number of benzene rings is 2. The summed E-state index contributed by atoms with van der Waals surface area (Å²) < 4.78 is 0.677. The first kappa shape index (κ1) is 20.0. The number of azo groups is 1. The molecular weight excluding hydrogens is 423 g/mol. The lowest BCUT2D eigenvalue weighted by Crippen LogP contribution is -3.00. The summed E-state index contributed by atoms with van der Waals surface area (Å²) in [6, 6.07) is 10.9. The van der Waals surface area contributed by atoms with Crippen LogP contribution in [0.2, 0.25) is 0 Å². The highest BCUT2D eigenvalue weighted by molar-refractivity contribution is 5.48. The minimum atomic E-state index is -0.460. The lowest BCUT2D eigenvalue weighted by molar-refractivity contribution is -0.884. The number of hydrogen-bond donors (Lipinski definition) is 1. The number of aromatic hydroxyl groups is 1. The number of hydrogen-bond acceptors (Lipinski definition) is 5. The maximum absolute atomic E-state index is 10.6. The molecule has 0 aromatic heterocycles. The zero-order valence-corrected chi connectivity index (χ0v) is 15.8. The fourth-order valence-electron chi connectivity index (χ4n) is 2.03. The van der Waals surface area contributed by atoms with Crippen molar-refractivity contribution < 1.29 is 38.5 Å². The van der Waals surface area contributed by atoms with Crippen LogP contribution >= 0.6 is 0 Å². The van der Waals surface area contributed by atoms with Gasteiger partial charge in [0.05, 0.1) is 43.0 Å². The minimum Gasteiger partial charge on any atom is -1.00 e. The van der Waals surface area contributed by atoms with E-state index >= 15 is 0 Å². The van der Waals surface area contributed by atoms with Crippen LogP contribution < -0.4 is 24.0 Å². The second-order valence-corrected chi connectivity index (χ2v) is 6.23. The predicted octanol–water partition coefficient (Wildman–Crippen LogP) is 0.926. The Hall–Kier alpha value is -2.07. The lowest BCUT2D eigenvalue weighted by atomic mass is 10.1. The van der Waals surface area contributed by atoms with E-state index in [0.29, 0.717) is 22.4 Å². The van der Waals surface area contributed by atoms with Gasteiger partial charge in [-0.3, -0.25) is 10.1 Å². The molecule has 2 rings (SSSR count). The molecule has 1 N–H and O–H groups in total. The van der Waals surface area contributed by atoms with Gasteiger partial charge in [0.15, 0.2) is 0 Å². The van der Waals surface area contributed by atoms with Crippen LogP contribution in [0.25, 0.3) is 0 Å². The first-order chi connectivity index (χ1) is 10.7. The van der Waals surface area contributed by atoms with Crippen molar-refractivity contribution in [2.75, 3.05) is 21.1 Å². The summed E-state index contributed by atoms with van der Waals surface area (Å²) in [7, 11) is 6.10. The van der Waals surface area contributed by atoms with Gasteiger partial charge in [-0.15, -0.1) is 0 Å². The van der Waals surface area contributed by atoms with Crippen molar-refractivity contribution in [2.24, 2.45) is 10.2 Å². The van der Waals surface area contributed by atoms with Gasteiger partial charge in [0.2, 0.25) is 0 Å². The molecule has 128 valence electrons. The van der Waals surface area contributed by atoms with Crippen molar-refractivity contribution in [3.8, 4) is 5.75 Å². The third-order valence-electron chi connectivity index (χ3n) is 3.05. The van der Waals surface area contributed by atoms with Crippen LogP contribution in [0, 0.1) is 10.1 Å². The van der Waals surface area contributed by atoms with E-state index in [1.54, 1.807) is 18.2 Å². The van der Waals surface area contributed by atoms with Crippen LogP contribution in [0.3, 0.4) is 0 Å². The normalized spacial score (nSPS) is 11.3. The molecule has 0 unspecified atom stereocenters. The van der Waals surface area contributed by atoms with Crippen molar-refractivity contribution in [2.45, 2.75) is 6.54 Å². The third kappa shape index (κ3) is 5.85. The van der Waals surface area contributed by atoms with Gasteiger partial charge in [0.25, 0.3) is 5.69 Å². The molecule has 2 aromatic carbocycles. The van der Waals surface area contributed by atoms with Crippen molar-refractivity contribution in [1.29, 1.82) is 0 Å². The molecule has 0 heterocycles. The van der Waals surface area contributed by atoms with Gasteiger partial charge in [0, 0.05) is 12.1 Å². The van der Waals surface area contributed by atoms with Crippen molar-refractivity contribution in [3.63, 3.8) is 0 Å². The van der Waals surface area contributed by atoms with Gasteiger partial charge < -0.3 is 33.6 Å². The second kappa shape index (κ2) is 8.15. The zero-order chi connectivity index (χ0) is 17.0. The molecule has 24 heavy (non-hydrogen) atoms. The quantitative estimate of drug-likeness (QED) is 0.246. The third-order valence-corrected chi connectivity index (χ3v) is 3.05. The molecule has 0 aliphatic heterocycles. The molecule has 7 nitrogen and oxygen atoms in total. The number of non-ortho nitro benzene ring substituents is 1. The molecule has 0 amide bonds. The molecule has 0 saturated heterocycles. The number of quaternary nitrogens is 1. The van der Waals surface area contributed by atoms with Crippen molar-refractivity contribution >= 4 is 17.1 Å². The summed E-state index contributed by atoms with van der Waals surface area (Å²) in [4.78, 5) is 10.1. The standard InChI is InChI=1S/C16H18N4O3.HI/c1-20(2,3)11-12-10-14(6-9-16(12)21)18-17-13-4-7-15(8-5-13)19(22)23;/h4-10H,11H2,1-3H3;1H. The van der Waals surface area contributed by atoms with Gasteiger partial charge >= 0.3 is 0 Å². The van der Waals surface area contributed by atoms with Crippen molar-refractivity contribution in [1.82, 2.24) is 0 Å². The minimum absolute atomic E-state index is 0. The average molecular weight is 442 g/mol. The maximum atomic E-state index is 10.6. The highest BCUT2D eigenvalue weighted by Gasteiger charge is 2.13. The number of rotatable bonds is 5. The van der Waals surface area contributed by atoms with Gasteiger partial charge in [-0.1, -0.05) is 0 Å². The molecular formula is C16H19IN4O3. The fourth-order valence-corrected chi connectivity index (χ4v) is 2.03. The number of nitro benzene ring substituents is 1. The monoisotopic (exact) mass is 442 g/mol. The van der Waals surface area contributed by atoms with E-state index in [0.717, 1.165) is 5.56 Å². The van der Waals surface area contributed by atoms with Gasteiger partial charge in [-0.05, 0) is 30.3 Å². The molecule has 0 aliphatic carbocycles. The Kier molecular flexibility index (Phi) is 6.79. The van der Waals surface area contributed by atoms with E-state index in [1.807, 2.05) is 21.1 Å². The zero-order valence-electron chi connectivity index (χ0n) is 13.7. The Balaban J connectivity index is 0.00000288. The van der Waals surface area contributed by atoms with Gasteiger partial charge in [0.1, 0.15) is 12.3 Å². The maximum Gasteiger partial charge on any atom is 0.269 e. The Morgan fingerprint density at radius 1 is 1.04 bits per heavy atom. The molecule has 0 radical (unpaired) electrons. The van der Waals surface area contributed by atoms with Gasteiger partial charge in [-0.2, -0.15) is 10.2 Å². The van der Waals surface area contributed by atoms with Gasteiger partial charge in [-0.25, -0.2) is 0 Å². The number of nitrogens with zero attached hydrogens (tertiary/aromatic N) is 4. The Morgan fingerprint density at radius 3 is 2.12 bits per heavy atom. The second-order valence-electron chi connectivity index (χ2n) is 6.23. The molecule has 0 spiro atoms. The fraction of sp³-hybridized carbons (Fsp3) is 0.250. The molecule has 0 fully saturated rings. The van der Waals surface area contributed by atoms with E-state index in [1.165, 1.54) is 24.3 Å². The molecule has 8 heteroatoms. The van der Waals surface area contributed by atoms with Crippen LogP contribution in [0.4, 0.5) is 17.1 Å². The topological polar surface area (TPSA) is 88.1 Å². The molecule has 0 bridgehead atoms. The number of phenolic OH excluding ortho intramolecular Hbond substituents is 1. The highest BCUT2D eigenvalue weighted by Crippen LogP contribution is 2.27. The Morgan fingerprint density at radius 2 is 1.58 bits per heavy atom. The smallest absolute Gasteiger partial charge is 0.269 e. The summed E-state index contributed by atoms with van der Waals surface area (Å²) in [5.41, 5.74) is 1.94. The molecule has 2 aromatic rings. The number of nitro groups is 1. The summed E-state index contributed by atoms with van der Waals surface area (Å²) in [5.74, 6) is 0.229. The van der Waals surface area contributed by atoms with E-state index < -0.39 is 4.92 Å². The lowest BCUT2D eigenvalue weighted by Gasteiger charge is -2.24. The molecule has 0 atom stereocenters. The SMILES string of the molecule is C[N+](C)(C)Cc1cc(N=Nc2ccc([N+](=O)[O-])cc2)ccc1O.[I-]. The average Bonchev–Trinajstić information content (AvgIpc) is 2.47. The summed E-state index contributed by atoms with van der Waals surface area (Å²) in [6.07, 6.45) is 0. The van der Waals surface area contributed by atoms with E-state index in [2.05, 4.69) is 10.2 Å². The summed E-state index contributed by atoms with van der Waals surface area (Å²) in [6.45, 7) is 0.659. The van der Waals surface area contributed by atoms with Crippen LogP contribution in [0.15, 0.2) is 52.7 Å². The van der Waals surface area contributed by atoms with Crippen LogP contribution in [-0.4, -0.2) is 35.7 Å². The Bertz CT molecular complexity index is 740. The van der Waals surface area contributed by atoms with Crippen LogP contribution in [0.5, 0.6) is 5.75 Å². The first-order valence-corrected chi connectivity index (χ1v) is 7.03. The van der Waals surface area contributed by atoms with E-state index in [4.69, 9.17) is 0 Å². The largest absolute Gasteiger partial charge is 1.00 e. The Labute approximate surface area is 157 Å². The van der Waals surface area contributed by atoms with Crippen LogP contribution in [-0.2, 0) is 6.54 Å². The number of phenols is 1. The predicted molar refractivity (Wildman–Crippen MR) is 87.1 cm³/mol. The highest BCUT2D eigenvalue weighted by atomic mass is 127. The molecule has 0 saturated carbocycles. The van der Waals surface area contributed by atoms with Crippen LogP contribution in [0.1, 0.15) is 5.56 Å². The summed E-state index contributed by atoms with van der Waals surface area (Å²) >= 11 is 0. The molecule has 0 aliphatic rings. The first-order valence-electron chi connectivity index (χ1n) is 7.03. The van der Waals surface area contributed by atoms with E-state index in [-0.39, 0.29) is 35.4 Å². The van der Waals surface area contributed by atoms with E-state index in [9.17, 15) is 15.2 Å².